The van der Waals surface area contributed by atoms with E-state index < -0.39 is 41.4 Å². The number of rotatable bonds is 5. The second kappa shape index (κ2) is 8.06. The third-order valence-electron chi connectivity index (χ3n) is 5.43. The van der Waals surface area contributed by atoms with Crippen LogP contribution >= 0.6 is 0 Å². The molecule has 0 aromatic carbocycles. The summed E-state index contributed by atoms with van der Waals surface area (Å²) in [6, 6.07) is 2.62. The molecular weight excluding hydrogens is 406 g/mol. The van der Waals surface area contributed by atoms with Gasteiger partial charge in [0.25, 0.3) is 11.5 Å². The van der Waals surface area contributed by atoms with Crippen molar-refractivity contribution < 1.29 is 19.0 Å². The highest BCUT2D eigenvalue weighted by atomic mass is 16.8. The lowest BCUT2D eigenvalue weighted by Crippen LogP contribution is -2.54. The van der Waals surface area contributed by atoms with Gasteiger partial charge in [0.15, 0.2) is 5.79 Å². The first kappa shape index (κ1) is 21.5. The van der Waals surface area contributed by atoms with Crippen LogP contribution in [0.4, 0.5) is 0 Å². The van der Waals surface area contributed by atoms with Crippen molar-refractivity contribution in [3.05, 3.63) is 51.1 Å². The quantitative estimate of drug-likeness (QED) is 0.689. The number of carbonyl (C=O) groups excluding carboxylic acids is 1. The molecule has 2 N–H and O–H groups in total. The van der Waals surface area contributed by atoms with Gasteiger partial charge in [-0.2, -0.15) is 5.10 Å². The first-order valence-electron chi connectivity index (χ1n) is 10.3. The van der Waals surface area contributed by atoms with Crippen molar-refractivity contribution in [1.82, 2.24) is 24.6 Å². The minimum absolute atomic E-state index is 0.156. The molecule has 2 fully saturated rings. The molecule has 0 aliphatic carbocycles. The average Bonchev–Trinajstić information content (AvgIpc) is 3.30. The van der Waals surface area contributed by atoms with E-state index in [0.717, 1.165) is 0 Å². The number of hydrogen-bond acceptors (Lipinski definition) is 7. The lowest BCUT2D eigenvalue weighted by molar-refractivity contribution is -0.153. The Kier molecular flexibility index (Phi) is 5.58. The van der Waals surface area contributed by atoms with E-state index in [4.69, 9.17) is 14.2 Å². The number of amides is 1. The zero-order chi connectivity index (χ0) is 22.3. The van der Waals surface area contributed by atoms with Crippen LogP contribution in [0.15, 0.2) is 34.1 Å². The van der Waals surface area contributed by atoms with Crippen LogP contribution in [0.3, 0.4) is 0 Å². The predicted octanol–water partition coefficient (Wildman–Crippen LogP) is 0.204. The van der Waals surface area contributed by atoms with Crippen LogP contribution in [0.25, 0.3) is 0 Å². The Balaban J connectivity index is 1.48. The fraction of sp³-hybridized carbons (Fsp3) is 0.600. The second-order valence-electron chi connectivity index (χ2n) is 8.51. The fourth-order valence-electron chi connectivity index (χ4n) is 3.95. The van der Waals surface area contributed by atoms with Gasteiger partial charge in [-0.1, -0.05) is 0 Å². The summed E-state index contributed by atoms with van der Waals surface area (Å²) in [5, 5.41) is 7.12. The molecule has 2 aromatic rings. The minimum atomic E-state index is -0.884. The van der Waals surface area contributed by atoms with Crippen molar-refractivity contribution >= 4 is 5.91 Å². The molecule has 4 rings (SSSR count). The van der Waals surface area contributed by atoms with E-state index in [1.165, 1.54) is 16.8 Å². The van der Waals surface area contributed by atoms with Crippen LogP contribution in [0, 0.1) is 0 Å². The third-order valence-corrected chi connectivity index (χ3v) is 5.43. The smallest absolute Gasteiger partial charge is 0.328 e. The summed E-state index contributed by atoms with van der Waals surface area (Å²) in [6.07, 6.45) is 1.71. The normalized spacial score (nSPS) is 27.3. The van der Waals surface area contributed by atoms with Crippen molar-refractivity contribution in [2.24, 2.45) is 0 Å². The monoisotopic (exact) mass is 433 g/mol. The number of nitrogens with one attached hydrogen (secondary N) is 2. The number of aromatic amines is 1. The molecule has 0 bridgehead atoms. The molecule has 168 valence electrons. The van der Waals surface area contributed by atoms with Gasteiger partial charge in [0.05, 0.1) is 12.6 Å². The Hall–Kier alpha value is -2.76. The zero-order valence-corrected chi connectivity index (χ0v) is 17.9. The van der Waals surface area contributed by atoms with E-state index >= 15 is 0 Å². The first-order valence-corrected chi connectivity index (χ1v) is 10.3. The highest BCUT2D eigenvalue weighted by Gasteiger charge is 2.52. The van der Waals surface area contributed by atoms with E-state index in [9.17, 15) is 14.4 Å². The SMILES string of the molecule is CC(C)n1ccc(C(=O)NC[C@H]2OC[C@@H](n3ccc(=O)[nH]c3=O)[C@@H]3OC(C)(C)O[C@@H]32)n1. The Morgan fingerprint density at radius 3 is 2.68 bits per heavy atom. The standard InChI is InChI=1S/C20H27N5O6/c1-11(2)25-8-5-12(23-25)18(27)21-9-14-17-16(30-20(3,4)31-17)13(10-29-14)24-7-6-15(26)22-19(24)28/h5-8,11,13-14,16-17H,9-10H2,1-4H3,(H,21,27)(H,22,26,28)/t13-,14-,16+,17-/m1/s1. The van der Waals surface area contributed by atoms with Crippen LogP contribution in [-0.4, -0.2) is 62.5 Å². The fourth-order valence-corrected chi connectivity index (χ4v) is 3.95. The number of hydrogen-bond donors (Lipinski definition) is 2. The lowest BCUT2D eigenvalue weighted by atomic mass is 9.97. The van der Waals surface area contributed by atoms with Crippen molar-refractivity contribution in [3.8, 4) is 0 Å². The zero-order valence-electron chi connectivity index (χ0n) is 17.9. The molecule has 0 spiro atoms. The van der Waals surface area contributed by atoms with E-state index in [1.807, 2.05) is 13.8 Å². The lowest BCUT2D eigenvalue weighted by Gasteiger charge is -2.37. The molecule has 2 aromatic heterocycles. The van der Waals surface area contributed by atoms with Gasteiger partial charge in [0.1, 0.15) is 24.0 Å². The summed E-state index contributed by atoms with van der Waals surface area (Å²) < 4.78 is 21.2. The summed E-state index contributed by atoms with van der Waals surface area (Å²) in [7, 11) is 0. The molecule has 11 heteroatoms. The molecule has 0 saturated carbocycles. The summed E-state index contributed by atoms with van der Waals surface area (Å²) in [6.45, 7) is 7.89. The maximum absolute atomic E-state index is 12.5. The van der Waals surface area contributed by atoms with Crippen molar-refractivity contribution in [1.29, 1.82) is 0 Å². The minimum Gasteiger partial charge on any atom is -0.371 e. The van der Waals surface area contributed by atoms with E-state index in [2.05, 4.69) is 15.4 Å². The number of carbonyl (C=O) groups is 1. The van der Waals surface area contributed by atoms with E-state index in [1.54, 1.807) is 30.8 Å². The summed E-state index contributed by atoms with van der Waals surface area (Å²) in [5.74, 6) is -1.19. The number of fused-ring (bicyclic) bond motifs is 1. The van der Waals surface area contributed by atoms with Crippen molar-refractivity contribution in [3.63, 3.8) is 0 Å². The van der Waals surface area contributed by atoms with Crippen molar-refractivity contribution in [2.75, 3.05) is 13.2 Å². The predicted molar refractivity (Wildman–Crippen MR) is 109 cm³/mol. The molecule has 2 aliphatic heterocycles. The number of nitrogens with zero attached hydrogens (tertiary/aromatic N) is 3. The van der Waals surface area contributed by atoms with Gasteiger partial charge in [-0.05, 0) is 33.8 Å². The molecule has 0 radical (unpaired) electrons. The topological polar surface area (TPSA) is 129 Å². The summed E-state index contributed by atoms with van der Waals surface area (Å²) >= 11 is 0. The molecule has 4 atom stereocenters. The molecular formula is C20H27N5O6. The van der Waals surface area contributed by atoms with Crippen molar-refractivity contribution in [2.45, 2.75) is 63.9 Å². The van der Waals surface area contributed by atoms with E-state index in [0.29, 0.717) is 5.69 Å². The van der Waals surface area contributed by atoms with Crippen LogP contribution in [0.5, 0.6) is 0 Å². The number of H-pyrrole nitrogens is 1. The maximum Gasteiger partial charge on any atom is 0.328 e. The van der Waals surface area contributed by atoms with Gasteiger partial charge in [0, 0.05) is 31.0 Å². The highest BCUT2D eigenvalue weighted by Crippen LogP contribution is 2.39. The Labute approximate surface area is 178 Å². The van der Waals surface area contributed by atoms with Crippen LogP contribution in [0.1, 0.15) is 50.3 Å². The number of aromatic nitrogens is 4. The van der Waals surface area contributed by atoms with Gasteiger partial charge >= 0.3 is 5.69 Å². The van der Waals surface area contributed by atoms with Crippen LogP contribution in [0.2, 0.25) is 0 Å². The van der Waals surface area contributed by atoms with Gasteiger partial charge in [-0.25, -0.2) is 4.79 Å². The second-order valence-corrected chi connectivity index (χ2v) is 8.51. The van der Waals surface area contributed by atoms with Gasteiger partial charge in [-0.15, -0.1) is 0 Å². The molecule has 31 heavy (non-hydrogen) atoms. The van der Waals surface area contributed by atoms with Crippen LogP contribution in [-0.2, 0) is 14.2 Å². The Bertz CT molecular complexity index is 1070. The molecule has 2 saturated heterocycles. The highest BCUT2D eigenvalue weighted by molar-refractivity contribution is 5.92. The summed E-state index contributed by atoms with van der Waals surface area (Å²) in [5.41, 5.74) is -0.692. The van der Waals surface area contributed by atoms with E-state index in [-0.39, 0.29) is 25.1 Å². The molecule has 0 unspecified atom stereocenters. The number of ether oxygens (including phenoxy) is 3. The van der Waals surface area contributed by atoms with Crippen LogP contribution < -0.4 is 16.6 Å². The maximum atomic E-state index is 12.5. The largest absolute Gasteiger partial charge is 0.371 e. The van der Waals surface area contributed by atoms with Gasteiger partial charge in [-0.3, -0.25) is 23.8 Å². The molecule has 4 heterocycles. The first-order chi connectivity index (χ1) is 14.6. The molecule has 2 aliphatic rings. The molecule has 11 nitrogen and oxygen atoms in total. The molecule has 1 amide bonds. The van der Waals surface area contributed by atoms with Gasteiger partial charge in [0.2, 0.25) is 0 Å². The van der Waals surface area contributed by atoms with Gasteiger partial charge < -0.3 is 19.5 Å². The average molecular weight is 433 g/mol. The Morgan fingerprint density at radius 1 is 1.26 bits per heavy atom. The third kappa shape index (κ3) is 4.34. The summed E-state index contributed by atoms with van der Waals surface area (Å²) in [4.78, 5) is 38.5. The Morgan fingerprint density at radius 2 is 2.00 bits per heavy atom.